The second-order valence-corrected chi connectivity index (χ2v) is 6.93. The number of halogens is 3. The van der Waals surface area contributed by atoms with E-state index in [0.717, 1.165) is 12.1 Å². The van der Waals surface area contributed by atoms with Crippen LogP contribution in [0.25, 0.3) is 0 Å². The summed E-state index contributed by atoms with van der Waals surface area (Å²) in [7, 11) is 0. The molecule has 0 amide bonds. The normalized spacial score (nSPS) is 23.8. The fourth-order valence-electron chi connectivity index (χ4n) is 2.85. The van der Waals surface area contributed by atoms with E-state index in [2.05, 4.69) is 12.2 Å². The quantitative estimate of drug-likeness (QED) is 0.593. The van der Waals surface area contributed by atoms with Crippen molar-refractivity contribution in [1.82, 2.24) is 5.32 Å². The van der Waals surface area contributed by atoms with Crippen LogP contribution >= 0.6 is 11.8 Å². The average Bonchev–Trinajstić information content (AvgIpc) is 2.61. The summed E-state index contributed by atoms with van der Waals surface area (Å²) in [5.74, 6) is 0.674. The zero-order valence-electron chi connectivity index (χ0n) is 12.2. The van der Waals surface area contributed by atoms with E-state index < -0.39 is 5.51 Å². The molecule has 1 N–H and O–H groups in total. The van der Waals surface area contributed by atoms with Gasteiger partial charge in [0, 0.05) is 17.5 Å². The molecule has 118 valence electrons. The van der Waals surface area contributed by atoms with Gasteiger partial charge in [0.2, 0.25) is 0 Å². The lowest BCUT2D eigenvalue weighted by atomic mass is 9.97. The minimum absolute atomic E-state index is 0.0617. The van der Waals surface area contributed by atoms with Gasteiger partial charge in [-0.15, -0.1) is 0 Å². The summed E-state index contributed by atoms with van der Waals surface area (Å²) < 4.78 is 36.8. The lowest BCUT2D eigenvalue weighted by molar-refractivity contribution is -0.0328. The van der Waals surface area contributed by atoms with E-state index >= 15 is 0 Å². The number of hydrogen-bond donors (Lipinski definition) is 1. The van der Waals surface area contributed by atoms with E-state index in [-0.39, 0.29) is 16.7 Å². The molecule has 2 atom stereocenters. The molecule has 0 saturated heterocycles. The first-order valence-corrected chi connectivity index (χ1v) is 8.34. The second kappa shape index (κ2) is 7.54. The van der Waals surface area contributed by atoms with Crippen LogP contribution in [0.2, 0.25) is 0 Å². The van der Waals surface area contributed by atoms with E-state index in [9.17, 15) is 13.2 Å². The Morgan fingerprint density at radius 1 is 1.10 bits per heavy atom. The van der Waals surface area contributed by atoms with Crippen molar-refractivity contribution in [3.63, 3.8) is 0 Å². The first-order valence-electron chi connectivity index (χ1n) is 7.52. The van der Waals surface area contributed by atoms with E-state index in [1.807, 2.05) is 0 Å². The summed E-state index contributed by atoms with van der Waals surface area (Å²) in [5.41, 5.74) is -3.17. The van der Waals surface area contributed by atoms with Crippen molar-refractivity contribution < 1.29 is 13.2 Å². The standard InChI is InChI=1S/C16H22F3NS/c1-12-5-3-2-4-6-15(12)20-11-13-7-9-14(10-8-13)21-16(17,18)19/h7-10,12,15,20H,2-6,11H2,1H3. The monoisotopic (exact) mass is 317 g/mol. The molecule has 0 radical (unpaired) electrons. The molecule has 0 heterocycles. The number of benzene rings is 1. The molecule has 2 rings (SSSR count). The van der Waals surface area contributed by atoms with E-state index in [0.29, 0.717) is 12.0 Å². The zero-order chi connectivity index (χ0) is 15.3. The molecule has 1 fully saturated rings. The summed E-state index contributed by atoms with van der Waals surface area (Å²) >= 11 is -0.0617. The van der Waals surface area contributed by atoms with Gasteiger partial charge in [-0.05, 0) is 48.2 Å². The minimum Gasteiger partial charge on any atom is -0.310 e. The van der Waals surface area contributed by atoms with Crippen LogP contribution in [0.5, 0.6) is 0 Å². The van der Waals surface area contributed by atoms with Gasteiger partial charge in [-0.3, -0.25) is 0 Å². The predicted molar refractivity (Wildman–Crippen MR) is 81.2 cm³/mol. The summed E-state index contributed by atoms with van der Waals surface area (Å²) in [6.45, 7) is 3.01. The molecule has 0 bridgehead atoms. The van der Waals surface area contributed by atoms with Gasteiger partial charge in [-0.2, -0.15) is 13.2 Å². The molecular weight excluding hydrogens is 295 g/mol. The highest BCUT2D eigenvalue weighted by atomic mass is 32.2. The summed E-state index contributed by atoms with van der Waals surface area (Å²) in [4.78, 5) is 0.245. The fourth-order valence-corrected chi connectivity index (χ4v) is 3.39. The molecule has 1 aliphatic rings. The van der Waals surface area contributed by atoms with Crippen LogP contribution in [0, 0.1) is 5.92 Å². The Labute approximate surface area is 128 Å². The van der Waals surface area contributed by atoms with Gasteiger partial charge in [0.05, 0.1) is 0 Å². The van der Waals surface area contributed by atoms with Gasteiger partial charge in [0.1, 0.15) is 0 Å². The first kappa shape index (κ1) is 16.7. The van der Waals surface area contributed by atoms with E-state index in [1.165, 1.54) is 32.1 Å². The Kier molecular flexibility index (Phi) is 5.99. The third-order valence-electron chi connectivity index (χ3n) is 4.09. The van der Waals surface area contributed by atoms with Gasteiger partial charge in [-0.1, -0.05) is 38.3 Å². The van der Waals surface area contributed by atoms with Crippen LogP contribution in [-0.2, 0) is 6.54 Å². The number of thioether (sulfide) groups is 1. The molecule has 1 aromatic carbocycles. The van der Waals surface area contributed by atoms with Gasteiger partial charge in [-0.25, -0.2) is 0 Å². The van der Waals surface area contributed by atoms with Crippen LogP contribution in [0.15, 0.2) is 29.2 Å². The molecule has 0 aromatic heterocycles. The molecular formula is C16H22F3NS. The molecule has 21 heavy (non-hydrogen) atoms. The van der Waals surface area contributed by atoms with Crippen LogP contribution in [0.3, 0.4) is 0 Å². The molecule has 5 heteroatoms. The Bertz CT molecular complexity index is 430. The first-order chi connectivity index (χ1) is 9.94. The second-order valence-electron chi connectivity index (χ2n) is 5.79. The molecule has 2 unspecified atom stereocenters. The van der Waals surface area contributed by atoms with Crippen LogP contribution < -0.4 is 5.32 Å². The third-order valence-corrected chi connectivity index (χ3v) is 4.83. The molecule has 1 saturated carbocycles. The van der Waals surface area contributed by atoms with Crippen molar-refractivity contribution in [2.45, 2.75) is 62.0 Å². The summed E-state index contributed by atoms with van der Waals surface area (Å²) in [5, 5.41) is 3.57. The maximum atomic E-state index is 12.3. The largest absolute Gasteiger partial charge is 0.446 e. The van der Waals surface area contributed by atoms with Crippen LogP contribution in [-0.4, -0.2) is 11.6 Å². The van der Waals surface area contributed by atoms with Crippen molar-refractivity contribution in [1.29, 1.82) is 0 Å². The van der Waals surface area contributed by atoms with Gasteiger partial charge < -0.3 is 5.32 Å². The third kappa shape index (κ3) is 5.91. The van der Waals surface area contributed by atoms with Crippen molar-refractivity contribution >= 4 is 11.8 Å². The predicted octanol–water partition coefficient (Wildman–Crippen LogP) is 5.36. The zero-order valence-corrected chi connectivity index (χ0v) is 13.1. The SMILES string of the molecule is CC1CCCCCC1NCc1ccc(SC(F)(F)F)cc1. The lowest BCUT2D eigenvalue weighted by Crippen LogP contribution is -2.33. The lowest BCUT2D eigenvalue weighted by Gasteiger charge is -2.23. The van der Waals surface area contributed by atoms with Crippen molar-refractivity contribution in [3.05, 3.63) is 29.8 Å². The topological polar surface area (TPSA) is 12.0 Å². The molecule has 0 spiro atoms. The highest BCUT2D eigenvalue weighted by Crippen LogP contribution is 2.36. The van der Waals surface area contributed by atoms with Crippen molar-refractivity contribution in [2.75, 3.05) is 0 Å². The molecule has 1 aromatic rings. The number of rotatable bonds is 4. The maximum absolute atomic E-state index is 12.3. The highest BCUT2D eigenvalue weighted by molar-refractivity contribution is 8.00. The Morgan fingerprint density at radius 3 is 2.43 bits per heavy atom. The van der Waals surface area contributed by atoms with Gasteiger partial charge >= 0.3 is 5.51 Å². The maximum Gasteiger partial charge on any atom is 0.446 e. The smallest absolute Gasteiger partial charge is 0.310 e. The van der Waals surface area contributed by atoms with E-state index in [4.69, 9.17) is 0 Å². The molecule has 0 aliphatic heterocycles. The molecule has 1 aliphatic carbocycles. The van der Waals surface area contributed by atoms with Crippen LogP contribution in [0.1, 0.15) is 44.6 Å². The minimum atomic E-state index is -4.21. The highest BCUT2D eigenvalue weighted by Gasteiger charge is 2.29. The Balaban J connectivity index is 1.85. The van der Waals surface area contributed by atoms with Gasteiger partial charge in [0.25, 0.3) is 0 Å². The fraction of sp³-hybridized carbons (Fsp3) is 0.625. The number of hydrogen-bond acceptors (Lipinski definition) is 2. The van der Waals surface area contributed by atoms with Crippen LogP contribution in [0.4, 0.5) is 13.2 Å². The van der Waals surface area contributed by atoms with Gasteiger partial charge in [0.15, 0.2) is 0 Å². The summed E-state index contributed by atoms with van der Waals surface area (Å²) in [6.07, 6.45) is 6.35. The number of alkyl halides is 3. The Morgan fingerprint density at radius 2 is 1.76 bits per heavy atom. The van der Waals surface area contributed by atoms with E-state index in [1.54, 1.807) is 24.3 Å². The van der Waals surface area contributed by atoms with Crippen molar-refractivity contribution in [3.8, 4) is 0 Å². The average molecular weight is 317 g/mol. The molecule has 1 nitrogen and oxygen atoms in total. The Hall–Kier alpha value is -0.680. The summed E-state index contributed by atoms with van der Waals surface area (Å²) in [6, 6.07) is 7.18. The van der Waals surface area contributed by atoms with Crippen molar-refractivity contribution in [2.24, 2.45) is 5.92 Å². The number of nitrogens with one attached hydrogen (secondary N) is 1.